The second-order valence-electron chi connectivity index (χ2n) is 5.30. The van der Waals surface area contributed by atoms with Crippen molar-refractivity contribution in [1.82, 2.24) is 4.57 Å². The predicted octanol–water partition coefficient (Wildman–Crippen LogP) is 5.23. The molecule has 0 atom stereocenters. The van der Waals surface area contributed by atoms with Gasteiger partial charge in [-0.1, -0.05) is 24.3 Å². The molecule has 0 fully saturated rings. The third kappa shape index (κ3) is 1.70. The molecule has 0 aliphatic heterocycles. The van der Waals surface area contributed by atoms with Crippen molar-refractivity contribution in [3.05, 3.63) is 53.4 Å². The third-order valence-electron chi connectivity index (χ3n) is 3.59. The van der Waals surface area contributed by atoms with Crippen molar-refractivity contribution in [2.45, 2.75) is 26.8 Å². The molecule has 94 valence electrons. The van der Waals surface area contributed by atoms with Crippen LogP contribution in [-0.4, -0.2) is 4.57 Å². The molecule has 1 aromatic heterocycles. The average Bonchev–Trinajstić information content (AvgIpc) is 2.70. The Kier molecular flexibility index (Phi) is 2.57. The normalized spacial score (nSPS) is 11.3. The van der Waals surface area contributed by atoms with Crippen LogP contribution >= 0.6 is 0 Å². The molecule has 0 saturated heterocycles. The molecule has 2 heteroatoms. The number of aryl methyl sites for hydroxylation is 1. The minimum Gasteiger partial charge on any atom is -0.339 e. The van der Waals surface area contributed by atoms with Gasteiger partial charge in [-0.05, 0) is 38.5 Å². The van der Waals surface area contributed by atoms with Crippen LogP contribution in [0.15, 0.2) is 36.4 Å². The quantitative estimate of drug-likeness (QED) is 0.521. The van der Waals surface area contributed by atoms with Crippen molar-refractivity contribution >= 4 is 27.5 Å². The van der Waals surface area contributed by atoms with Crippen molar-refractivity contribution in [2.75, 3.05) is 0 Å². The number of aromatic nitrogens is 1. The topological polar surface area (TPSA) is 9.29 Å². The van der Waals surface area contributed by atoms with E-state index in [9.17, 15) is 0 Å². The monoisotopic (exact) mass is 248 g/mol. The van der Waals surface area contributed by atoms with Crippen LogP contribution in [0.5, 0.6) is 0 Å². The number of benzene rings is 2. The summed E-state index contributed by atoms with van der Waals surface area (Å²) in [4.78, 5) is 3.55. The summed E-state index contributed by atoms with van der Waals surface area (Å²) in [5.74, 6) is 0. The van der Waals surface area contributed by atoms with E-state index in [0.29, 0.717) is 11.7 Å². The highest BCUT2D eigenvalue weighted by Crippen LogP contribution is 2.34. The lowest BCUT2D eigenvalue weighted by Gasteiger charge is -2.11. The van der Waals surface area contributed by atoms with Crippen molar-refractivity contribution < 1.29 is 0 Å². The molecule has 0 amide bonds. The van der Waals surface area contributed by atoms with E-state index in [2.05, 4.69) is 54.4 Å². The predicted molar refractivity (Wildman–Crippen MR) is 80.8 cm³/mol. The largest absolute Gasteiger partial charge is 0.339 e. The summed E-state index contributed by atoms with van der Waals surface area (Å²) in [6, 6.07) is 12.9. The van der Waals surface area contributed by atoms with Gasteiger partial charge in [-0.2, -0.15) is 0 Å². The zero-order valence-corrected chi connectivity index (χ0v) is 11.4. The van der Waals surface area contributed by atoms with E-state index in [0.717, 1.165) is 5.52 Å². The fourth-order valence-corrected chi connectivity index (χ4v) is 2.77. The zero-order chi connectivity index (χ0) is 13.6. The Morgan fingerprint density at radius 3 is 2.26 bits per heavy atom. The number of nitrogens with zero attached hydrogens (tertiary/aromatic N) is 2. The van der Waals surface area contributed by atoms with Gasteiger partial charge in [0.2, 0.25) is 0 Å². The molecular formula is C17H16N2. The lowest BCUT2D eigenvalue weighted by molar-refractivity contribution is 0.642. The summed E-state index contributed by atoms with van der Waals surface area (Å²) >= 11 is 0. The van der Waals surface area contributed by atoms with Crippen LogP contribution in [0.1, 0.15) is 25.5 Å². The molecule has 0 unspecified atom stereocenters. The molecule has 1 heterocycles. The second-order valence-corrected chi connectivity index (χ2v) is 5.30. The van der Waals surface area contributed by atoms with E-state index < -0.39 is 0 Å². The van der Waals surface area contributed by atoms with E-state index in [4.69, 9.17) is 6.57 Å². The van der Waals surface area contributed by atoms with Crippen molar-refractivity contribution in [2.24, 2.45) is 0 Å². The molecule has 0 saturated carbocycles. The van der Waals surface area contributed by atoms with E-state index in [1.165, 1.54) is 21.9 Å². The van der Waals surface area contributed by atoms with Crippen LogP contribution in [0.25, 0.3) is 26.7 Å². The summed E-state index contributed by atoms with van der Waals surface area (Å²) < 4.78 is 2.33. The fourth-order valence-electron chi connectivity index (χ4n) is 2.77. The van der Waals surface area contributed by atoms with Gasteiger partial charge < -0.3 is 4.57 Å². The maximum absolute atomic E-state index is 7.18. The van der Waals surface area contributed by atoms with Crippen molar-refractivity contribution in [1.29, 1.82) is 0 Å². The van der Waals surface area contributed by atoms with Gasteiger partial charge in [0.1, 0.15) is 0 Å². The molecule has 0 aliphatic carbocycles. The Hall–Kier alpha value is -2.27. The van der Waals surface area contributed by atoms with Gasteiger partial charge in [0.15, 0.2) is 5.69 Å². The molecule has 0 bridgehead atoms. The first-order valence-corrected chi connectivity index (χ1v) is 6.53. The molecule has 0 N–H and O–H groups in total. The Morgan fingerprint density at radius 2 is 1.63 bits per heavy atom. The summed E-state index contributed by atoms with van der Waals surface area (Å²) in [6.07, 6.45) is 0. The molecule has 3 rings (SSSR count). The standard InChI is InChI=1S/C17H16N2/c1-11(2)19-16-9-12(3)5-7-14(16)15-8-6-13(18-4)10-17(15)19/h5-11H,1-3H3. The first-order valence-electron chi connectivity index (χ1n) is 6.53. The van der Waals surface area contributed by atoms with Crippen LogP contribution < -0.4 is 0 Å². The number of rotatable bonds is 1. The molecule has 0 radical (unpaired) electrons. The Balaban J connectivity index is 2.54. The van der Waals surface area contributed by atoms with Crippen molar-refractivity contribution in [3.8, 4) is 0 Å². The van der Waals surface area contributed by atoms with Gasteiger partial charge in [0.25, 0.3) is 0 Å². The number of hydrogen-bond donors (Lipinski definition) is 0. The van der Waals surface area contributed by atoms with Crippen LogP contribution in [0.4, 0.5) is 5.69 Å². The molecule has 2 nitrogen and oxygen atoms in total. The van der Waals surface area contributed by atoms with E-state index >= 15 is 0 Å². The van der Waals surface area contributed by atoms with Crippen molar-refractivity contribution in [3.63, 3.8) is 0 Å². The Morgan fingerprint density at radius 1 is 1.00 bits per heavy atom. The lowest BCUT2D eigenvalue weighted by atomic mass is 10.1. The summed E-state index contributed by atoms with van der Waals surface area (Å²) in [5, 5.41) is 2.50. The third-order valence-corrected chi connectivity index (χ3v) is 3.59. The summed E-state index contributed by atoms with van der Waals surface area (Å²) in [6.45, 7) is 13.7. The molecule has 19 heavy (non-hydrogen) atoms. The average molecular weight is 248 g/mol. The molecule has 2 aromatic carbocycles. The second kappa shape index (κ2) is 4.13. The van der Waals surface area contributed by atoms with Gasteiger partial charge >= 0.3 is 0 Å². The molecule has 3 aromatic rings. The van der Waals surface area contributed by atoms with E-state index in [-0.39, 0.29) is 0 Å². The van der Waals surface area contributed by atoms with Gasteiger partial charge in [-0.15, -0.1) is 0 Å². The first-order chi connectivity index (χ1) is 9.11. The maximum atomic E-state index is 7.18. The SMILES string of the molecule is [C-]#[N+]c1ccc2c3ccc(C)cc3n(C(C)C)c2c1. The highest BCUT2D eigenvalue weighted by molar-refractivity contribution is 6.09. The van der Waals surface area contributed by atoms with Gasteiger partial charge in [-0.25, -0.2) is 4.85 Å². The number of fused-ring (bicyclic) bond motifs is 3. The summed E-state index contributed by atoms with van der Waals surface area (Å²) in [5.41, 5.74) is 4.38. The highest BCUT2D eigenvalue weighted by Gasteiger charge is 2.13. The molecule has 0 aliphatic rings. The van der Waals surface area contributed by atoms with Gasteiger partial charge in [0.05, 0.1) is 6.57 Å². The van der Waals surface area contributed by atoms with Gasteiger partial charge in [0, 0.05) is 27.8 Å². The van der Waals surface area contributed by atoms with Crippen LogP contribution in [0.3, 0.4) is 0 Å². The van der Waals surface area contributed by atoms with E-state index in [1.807, 2.05) is 12.1 Å². The van der Waals surface area contributed by atoms with Crippen LogP contribution in [0, 0.1) is 13.5 Å². The van der Waals surface area contributed by atoms with E-state index in [1.54, 1.807) is 0 Å². The smallest absolute Gasteiger partial charge is 0.189 e. The first kappa shape index (κ1) is 11.8. The Labute approximate surface area is 113 Å². The minimum atomic E-state index is 0.378. The molecular weight excluding hydrogens is 232 g/mol. The minimum absolute atomic E-state index is 0.378. The maximum Gasteiger partial charge on any atom is 0.189 e. The van der Waals surface area contributed by atoms with Gasteiger partial charge in [-0.3, -0.25) is 0 Å². The van der Waals surface area contributed by atoms with Crippen LogP contribution in [0.2, 0.25) is 0 Å². The fraction of sp³-hybridized carbons (Fsp3) is 0.235. The lowest BCUT2D eigenvalue weighted by Crippen LogP contribution is -1.99. The zero-order valence-electron chi connectivity index (χ0n) is 11.4. The Bertz CT molecular complexity index is 816. The number of hydrogen-bond acceptors (Lipinski definition) is 0. The van der Waals surface area contributed by atoms with Crippen LogP contribution in [-0.2, 0) is 0 Å². The highest BCUT2D eigenvalue weighted by atomic mass is 15.0. The molecule has 0 spiro atoms. The summed E-state index contributed by atoms with van der Waals surface area (Å²) in [7, 11) is 0.